The SMILES string of the molecule is CC(C)c1ccc(C(=O)N2CCOCC2)cc1C(C)C. The zero-order valence-corrected chi connectivity index (χ0v) is 13.0. The topological polar surface area (TPSA) is 29.5 Å². The van der Waals surface area contributed by atoms with Crippen molar-refractivity contribution >= 4 is 5.91 Å². The fourth-order valence-corrected chi connectivity index (χ4v) is 2.68. The van der Waals surface area contributed by atoms with Gasteiger partial charge in [0.15, 0.2) is 0 Å². The van der Waals surface area contributed by atoms with Crippen molar-refractivity contribution in [2.24, 2.45) is 0 Å². The largest absolute Gasteiger partial charge is 0.378 e. The Morgan fingerprint density at radius 1 is 1.05 bits per heavy atom. The van der Waals surface area contributed by atoms with Crippen LogP contribution in [0.25, 0.3) is 0 Å². The second kappa shape index (κ2) is 6.40. The Morgan fingerprint density at radius 2 is 1.65 bits per heavy atom. The van der Waals surface area contributed by atoms with Gasteiger partial charge in [-0.3, -0.25) is 4.79 Å². The maximum absolute atomic E-state index is 12.5. The van der Waals surface area contributed by atoms with E-state index in [2.05, 4.69) is 39.8 Å². The highest BCUT2D eigenvalue weighted by Gasteiger charge is 2.20. The molecule has 1 amide bonds. The molecule has 110 valence electrons. The molecule has 20 heavy (non-hydrogen) atoms. The Labute approximate surface area is 121 Å². The number of rotatable bonds is 3. The standard InChI is InChI=1S/C17H25NO2/c1-12(2)15-6-5-14(11-16(15)13(3)4)17(19)18-7-9-20-10-8-18/h5-6,11-13H,7-10H2,1-4H3. The highest BCUT2D eigenvalue weighted by molar-refractivity contribution is 5.94. The van der Waals surface area contributed by atoms with Gasteiger partial charge in [-0.05, 0) is 35.1 Å². The minimum atomic E-state index is 0.130. The highest BCUT2D eigenvalue weighted by Crippen LogP contribution is 2.27. The summed E-state index contributed by atoms with van der Waals surface area (Å²) in [5, 5.41) is 0. The molecule has 0 spiro atoms. The summed E-state index contributed by atoms with van der Waals surface area (Å²) in [4.78, 5) is 14.4. The van der Waals surface area contributed by atoms with Gasteiger partial charge in [0.25, 0.3) is 5.91 Å². The molecule has 1 aromatic carbocycles. The third kappa shape index (κ3) is 3.21. The molecule has 1 fully saturated rings. The Morgan fingerprint density at radius 3 is 2.20 bits per heavy atom. The van der Waals surface area contributed by atoms with Gasteiger partial charge in [0.1, 0.15) is 0 Å². The minimum absolute atomic E-state index is 0.130. The molecule has 0 bridgehead atoms. The van der Waals surface area contributed by atoms with Crippen molar-refractivity contribution in [3.63, 3.8) is 0 Å². The summed E-state index contributed by atoms with van der Waals surface area (Å²) < 4.78 is 5.30. The van der Waals surface area contributed by atoms with Crippen LogP contribution in [0.4, 0.5) is 0 Å². The molecule has 2 rings (SSSR count). The first-order valence-corrected chi connectivity index (χ1v) is 7.51. The molecule has 0 saturated carbocycles. The van der Waals surface area contributed by atoms with Crippen molar-refractivity contribution in [1.82, 2.24) is 4.90 Å². The molecular formula is C17H25NO2. The van der Waals surface area contributed by atoms with Crippen LogP contribution >= 0.6 is 0 Å². The Hall–Kier alpha value is -1.35. The summed E-state index contributed by atoms with van der Waals surface area (Å²) in [6.45, 7) is 11.5. The van der Waals surface area contributed by atoms with E-state index < -0.39 is 0 Å². The fraction of sp³-hybridized carbons (Fsp3) is 0.588. The van der Waals surface area contributed by atoms with Gasteiger partial charge >= 0.3 is 0 Å². The number of nitrogens with zero attached hydrogens (tertiary/aromatic N) is 1. The molecular weight excluding hydrogens is 250 g/mol. The van der Waals surface area contributed by atoms with Gasteiger partial charge < -0.3 is 9.64 Å². The molecule has 0 radical (unpaired) electrons. The quantitative estimate of drug-likeness (QED) is 0.846. The average molecular weight is 275 g/mol. The van der Waals surface area contributed by atoms with E-state index in [1.807, 2.05) is 11.0 Å². The average Bonchev–Trinajstić information content (AvgIpc) is 2.46. The predicted molar refractivity (Wildman–Crippen MR) is 81.3 cm³/mol. The van der Waals surface area contributed by atoms with Gasteiger partial charge in [0.05, 0.1) is 13.2 Å². The van der Waals surface area contributed by atoms with Crippen LogP contribution in [0.5, 0.6) is 0 Å². The van der Waals surface area contributed by atoms with Crippen LogP contribution in [0.1, 0.15) is 61.0 Å². The van der Waals surface area contributed by atoms with Gasteiger partial charge in [0.2, 0.25) is 0 Å². The first kappa shape index (κ1) is 15.0. The maximum Gasteiger partial charge on any atom is 0.254 e. The van der Waals surface area contributed by atoms with E-state index in [1.54, 1.807) is 0 Å². The number of carbonyl (C=O) groups is 1. The summed E-state index contributed by atoms with van der Waals surface area (Å²) in [6, 6.07) is 6.17. The van der Waals surface area contributed by atoms with Crippen LogP contribution in [0.2, 0.25) is 0 Å². The summed E-state index contributed by atoms with van der Waals surface area (Å²) in [5.41, 5.74) is 3.44. The fourth-order valence-electron chi connectivity index (χ4n) is 2.68. The third-order valence-corrected chi connectivity index (χ3v) is 3.88. The second-order valence-electron chi connectivity index (χ2n) is 6.06. The summed E-state index contributed by atoms with van der Waals surface area (Å²) >= 11 is 0. The van der Waals surface area contributed by atoms with Crippen LogP contribution in [-0.2, 0) is 4.74 Å². The third-order valence-electron chi connectivity index (χ3n) is 3.88. The van der Waals surface area contributed by atoms with Crippen molar-refractivity contribution in [2.45, 2.75) is 39.5 Å². The van der Waals surface area contributed by atoms with Crippen LogP contribution in [0, 0.1) is 0 Å². The van der Waals surface area contributed by atoms with E-state index in [0.29, 0.717) is 38.1 Å². The van der Waals surface area contributed by atoms with E-state index in [0.717, 1.165) is 5.56 Å². The number of benzene rings is 1. The zero-order valence-electron chi connectivity index (χ0n) is 13.0. The number of amides is 1. The summed E-state index contributed by atoms with van der Waals surface area (Å²) in [7, 11) is 0. The molecule has 1 saturated heterocycles. The van der Waals surface area contributed by atoms with E-state index in [1.165, 1.54) is 11.1 Å². The number of morpholine rings is 1. The van der Waals surface area contributed by atoms with Crippen molar-refractivity contribution in [2.75, 3.05) is 26.3 Å². The number of hydrogen-bond donors (Lipinski definition) is 0. The molecule has 0 N–H and O–H groups in total. The second-order valence-corrected chi connectivity index (χ2v) is 6.06. The minimum Gasteiger partial charge on any atom is -0.378 e. The lowest BCUT2D eigenvalue weighted by atomic mass is 9.89. The lowest BCUT2D eigenvalue weighted by molar-refractivity contribution is 0.0303. The molecule has 3 heteroatoms. The van der Waals surface area contributed by atoms with Gasteiger partial charge in [-0.25, -0.2) is 0 Å². The molecule has 0 aromatic heterocycles. The number of carbonyl (C=O) groups excluding carboxylic acids is 1. The molecule has 1 heterocycles. The zero-order chi connectivity index (χ0) is 14.7. The van der Waals surface area contributed by atoms with Gasteiger partial charge in [-0.1, -0.05) is 33.8 Å². The molecule has 0 unspecified atom stereocenters. The molecule has 3 nitrogen and oxygen atoms in total. The van der Waals surface area contributed by atoms with Crippen molar-refractivity contribution in [3.05, 3.63) is 34.9 Å². The van der Waals surface area contributed by atoms with E-state index >= 15 is 0 Å². The van der Waals surface area contributed by atoms with Crippen LogP contribution in [0.3, 0.4) is 0 Å². The van der Waals surface area contributed by atoms with Crippen molar-refractivity contribution in [3.8, 4) is 0 Å². The van der Waals surface area contributed by atoms with Gasteiger partial charge in [-0.2, -0.15) is 0 Å². The van der Waals surface area contributed by atoms with Gasteiger partial charge in [0, 0.05) is 18.7 Å². The van der Waals surface area contributed by atoms with Crippen molar-refractivity contribution < 1.29 is 9.53 Å². The lowest BCUT2D eigenvalue weighted by Gasteiger charge is -2.27. The van der Waals surface area contributed by atoms with E-state index in [4.69, 9.17) is 4.74 Å². The monoisotopic (exact) mass is 275 g/mol. The first-order valence-electron chi connectivity index (χ1n) is 7.51. The molecule has 1 aliphatic rings. The summed E-state index contributed by atoms with van der Waals surface area (Å²) in [6.07, 6.45) is 0. The van der Waals surface area contributed by atoms with Crippen LogP contribution in [0.15, 0.2) is 18.2 Å². The predicted octanol–water partition coefficient (Wildman–Crippen LogP) is 3.41. The van der Waals surface area contributed by atoms with Crippen LogP contribution in [-0.4, -0.2) is 37.1 Å². The van der Waals surface area contributed by atoms with Crippen molar-refractivity contribution in [1.29, 1.82) is 0 Å². The lowest BCUT2D eigenvalue weighted by Crippen LogP contribution is -2.40. The maximum atomic E-state index is 12.5. The van der Waals surface area contributed by atoms with E-state index in [9.17, 15) is 4.79 Å². The Balaban J connectivity index is 2.28. The normalized spacial score (nSPS) is 16.0. The Bertz CT molecular complexity index is 474. The smallest absolute Gasteiger partial charge is 0.254 e. The molecule has 0 aliphatic carbocycles. The molecule has 1 aromatic rings. The highest BCUT2D eigenvalue weighted by atomic mass is 16.5. The molecule has 1 aliphatic heterocycles. The number of hydrogen-bond acceptors (Lipinski definition) is 2. The first-order chi connectivity index (χ1) is 9.50. The summed E-state index contributed by atoms with van der Waals surface area (Å²) in [5.74, 6) is 1.05. The van der Waals surface area contributed by atoms with E-state index in [-0.39, 0.29) is 5.91 Å². The Kier molecular flexibility index (Phi) is 4.81. The molecule has 0 atom stereocenters. The van der Waals surface area contributed by atoms with Crippen LogP contribution < -0.4 is 0 Å². The van der Waals surface area contributed by atoms with Gasteiger partial charge in [-0.15, -0.1) is 0 Å². The number of ether oxygens (including phenoxy) is 1.